The van der Waals surface area contributed by atoms with E-state index < -0.39 is 52.8 Å². The number of aliphatic hydroxyl groups is 3. The Morgan fingerprint density at radius 3 is 2.32 bits per heavy atom. The van der Waals surface area contributed by atoms with E-state index in [1.807, 2.05) is 13.0 Å². The van der Waals surface area contributed by atoms with Crippen molar-refractivity contribution in [2.75, 3.05) is 38.1 Å². The van der Waals surface area contributed by atoms with Gasteiger partial charge in [0.05, 0.1) is 47.0 Å². The van der Waals surface area contributed by atoms with Crippen molar-refractivity contribution in [3.8, 4) is 10.6 Å². The highest BCUT2D eigenvalue weighted by atomic mass is 32.1. The number of halogens is 3. The zero-order chi connectivity index (χ0) is 31.8. The number of thiazole rings is 1. The molecule has 3 heterocycles. The van der Waals surface area contributed by atoms with Crippen LogP contribution in [0.4, 0.5) is 24.9 Å². The van der Waals surface area contributed by atoms with Crippen LogP contribution in [0.5, 0.6) is 0 Å². The fraction of sp³-hybridized carbons (Fsp3) is 0.448. The number of nitrogens with zero attached hydrogens (tertiary/aromatic N) is 4. The first-order chi connectivity index (χ1) is 20.9. The third kappa shape index (κ3) is 6.20. The standard InChI is InChI=1S/C29H33F3N6O5S/c1-13-22(27-37-23-14(2)33-6-5-21(23)44-27)26(38-28(35-13)34-10-16-18(31)7-15(30)8-19(16)32)36-20-9-17(24(39)25(20)40)29(41,11-42-3)12-43-4/h5-8,17,20,24-25,39-41H,9-12H2,1-4H3,(H2,34,35,36,38)/t17-,20+,24+,25-/m0/s1. The fourth-order valence-corrected chi connectivity index (χ4v) is 6.76. The van der Waals surface area contributed by atoms with Crippen molar-refractivity contribution in [3.63, 3.8) is 0 Å². The molecule has 0 amide bonds. The molecule has 1 aliphatic rings. The maximum atomic E-state index is 14.3. The second-order valence-electron chi connectivity index (χ2n) is 10.9. The molecule has 15 heteroatoms. The lowest BCUT2D eigenvalue weighted by Crippen LogP contribution is -2.50. The van der Waals surface area contributed by atoms with Gasteiger partial charge in [0, 0.05) is 50.6 Å². The minimum atomic E-state index is -1.58. The Morgan fingerprint density at radius 1 is 1.00 bits per heavy atom. The molecule has 3 aromatic heterocycles. The Labute approximate surface area is 255 Å². The number of aromatic nitrogens is 4. The summed E-state index contributed by atoms with van der Waals surface area (Å²) in [6, 6.07) is 2.22. The molecule has 5 rings (SSSR count). The number of hydrogen-bond donors (Lipinski definition) is 5. The van der Waals surface area contributed by atoms with Crippen molar-refractivity contribution in [1.82, 2.24) is 19.9 Å². The van der Waals surface area contributed by atoms with Crippen LogP contribution in [0, 0.1) is 37.2 Å². The number of aliphatic hydroxyl groups excluding tert-OH is 2. The number of benzene rings is 1. The molecule has 1 aliphatic carbocycles. The number of methoxy groups -OCH3 is 2. The lowest BCUT2D eigenvalue weighted by Gasteiger charge is -2.34. The van der Waals surface area contributed by atoms with Gasteiger partial charge in [-0.3, -0.25) is 4.98 Å². The lowest BCUT2D eigenvalue weighted by molar-refractivity contribution is -0.141. The van der Waals surface area contributed by atoms with Crippen LogP contribution in [0.25, 0.3) is 20.8 Å². The summed E-state index contributed by atoms with van der Waals surface area (Å²) in [5, 5.41) is 39.9. The Morgan fingerprint density at radius 2 is 1.68 bits per heavy atom. The van der Waals surface area contributed by atoms with Crippen molar-refractivity contribution in [2.45, 2.75) is 50.7 Å². The molecule has 4 aromatic rings. The zero-order valence-corrected chi connectivity index (χ0v) is 25.3. The molecule has 11 nitrogen and oxygen atoms in total. The monoisotopic (exact) mass is 634 g/mol. The highest BCUT2D eigenvalue weighted by Gasteiger charge is 2.52. The summed E-state index contributed by atoms with van der Waals surface area (Å²) in [6.07, 6.45) is -0.844. The van der Waals surface area contributed by atoms with Crippen LogP contribution >= 0.6 is 11.3 Å². The molecule has 0 bridgehead atoms. The molecule has 1 saturated carbocycles. The van der Waals surface area contributed by atoms with Crippen LogP contribution in [0.3, 0.4) is 0 Å². The highest BCUT2D eigenvalue weighted by Crippen LogP contribution is 2.40. The van der Waals surface area contributed by atoms with Gasteiger partial charge in [0.15, 0.2) is 0 Å². The van der Waals surface area contributed by atoms with Crippen LogP contribution in [0.1, 0.15) is 23.4 Å². The van der Waals surface area contributed by atoms with Crippen LogP contribution in [-0.4, -0.2) is 86.5 Å². The van der Waals surface area contributed by atoms with Gasteiger partial charge in [-0.1, -0.05) is 0 Å². The van der Waals surface area contributed by atoms with Crippen LogP contribution in [0.2, 0.25) is 0 Å². The van der Waals surface area contributed by atoms with Crippen molar-refractivity contribution < 1.29 is 38.0 Å². The molecular weight excluding hydrogens is 601 g/mol. The molecule has 4 atom stereocenters. The van der Waals surface area contributed by atoms with E-state index in [-0.39, 0.29) is 37.9 Å². The predicted molar refractivity (Wildman–Crippen MR) is 158 cm³/mol. The van der Waals surface area contributed by atoms with E-state index in [0.29, 0.717) is 33.9 Å². The number of aryl methyl sites for hydroxylation is 2. The molecule has 0 radical (unpaired) electrons. The van der Waals surface area contributed by atoms with Crippen LogP contribution < -0.4 is 10.6 Å². The molecule has 0 aliphatic heterocycles. The van der Waals surface area contributed by atoms with E-state index in [0.717, 1.165) is 10.4 Å². The number of nitrogens with one attached hydrogen (secondary N) is 2. The van der Waals surface area contributed by atoms with Gasteiger partial charge in [0.25, 0.3) is 0 Å². The minimum absolute atomic E-state index is 0.00399. The summed E-state index contributed by atoms with van der Waals surface area (Å²) in [5.74, 6) is -3.76. The summed E-state index contributed by atoms with van der Waals surface area (Å²) in [7, 11) is 2.83. The number of hydrogen-bond acceptors (Lipinski definition) is 12. The first-order valence-electron chi connectivity index (χ1n) is 13.8. The average Bonchev–Trinajstić information content (AvgIpc) is 3.50. The van der Waals surface area contributed by atoms with Gasteiger partial charge >= 0.3 is 0 Å². The van der Waals surface area contributed by atoms with E-state index in [1.54, 1.807) is 13.1 Å². The zero-order valence-electron chi connectivity index (χ0n) is 24.4. The fourth-order valence-electron chi connectivity index (χ4n) is 5.65. The Hall–Kier alpha value is -3.47. The smallest absolute Gasteiger partial charge is 0.225 e. The average molecular weight is 635 g/mol. The molecule has 1 aromatic carbocycles. The van der Waals surface area contributed by atoms with Gasteiger partial charge < -0.3 is 35.4 Å². The Balaban J connectivity index is 1.53. The maximum Gasteiger partial charge on any atom is 0.225 e. The second-order valence-corrected chi connectivity index (χ2v) is 11.9. The molecule has 236 valence electrons. The molecule has 0 spiro atoms. The van der Waals surface area contributed by atoms with E-state index >= 15 is 0 Å². The number of rotatable bonds is 11. The van der Waals surface area contributed by atoms with Gasteiger partial charge in [-0.15, -0.1) is 11.3 Å². The quantitative estimate of drug-likeness (QED) is 0.165. The number of fused-ring (bicyclic) bond motifs is 1. The van der Waals surface area contributed by atoms with E-state index in [4.69, 9.17) is 14.5 Å². The molecule has 0 unspecified atom stereocenters. The molecule has 5 N–H and O–H groups in total. The van der Waals surface area contributed by atoms with E-state index in [2.05, 4.69) is 25.6 Å². The molecule has 1 fully saturated rings. The Bertz CT molecular complexity index is 1630. The maximum absolute atomic E-state index is 14.3. The summed E-state index contributed by atoms with van der Waals surface area (Å²) >= 11 is 1.38. The number of ether oxygens (including phenoxy) is 2. The summed E-state index contributed by atoms with van der Waals surface area (Å²) in [6.45, 7) is 2.90. The third-order valence-corrected chi connectivity index (χ3v) is 8.84. The summed E-state index contributed by atoms with van der Waals surface area (Å²) < 4.78 is 53.3. The number of anilines is 2. The minimum Gasteiger partial charge on any atom is -0.390 e. The third-order valence-electron chi connectivity index (χ3n) is 7.81. The number of pyridine rings is 1. The van der Waals surface area contributed by atoms with E-state index in [1.165, 1.54) is 25.6 Å². The molecular formula is C29H33F3N6O5S. The SMILES string of the molecule is COCC(O)(COC)[C@H]1C[C@@H](Nc2nc(NCc3c(F)cc(F)cc3F)nc(C)c2-c2nc3c(C)nccc3s2)[C@H](O)[C@@H]1O. The van der Waals surface area contributed by atoms with Crippen LogP contribution in [0.15, 0.2) is 24.4 Å². The van der Waals surface area contributed by atoms with Gasteiger partial charge in [-0.05, 0) is 26.3 Å². The van der Waals surface area contributed by atoms with Crippen molar-refractivity contribution in [3.05, 3.63) is 58.8 Å². The van der Waals surface area contributed by atoms with Gasteiger partial charge in [-0.2, -0.15) is 4.98 Å². The lowest BCUT2D eigenvalue weighted by atomic mass is 9.85. The van der Waals surface area contributed by atoms with Gasteiger partial charge in [0.1, 0.15) is 45.5 Å². The molecule has 44 heavy (non-hydrogen) atoms. The van der Waals surface area contributed by atoms with Crippen LogP contribution in [-0.2, 0) is 16.0 Å². The topological polar surface area (TPSA) is 155 Å². The second kappa shape index (κ2) is 12.9. The Kier molecular flexibility index (Phi) is 9.34. The normalized spacial score (nSPS) is 20.4. The van der Waals surface area contributed by atoms with Crippen molar-refractivity contribution >= 4 is 33.3 Å². The van der Waals surface area contributed by atoms with Gasteiger partial charge in [-0.25, -0.2) is 23.1 Å². The van der Waals surface area contributed by atoms with Crippen molar-refractivity contribution in [1.29, 1.82) is 0 Å². The molecule has 0 saturated heterocycles. The largest absolute Gasteiger partial charge is 0.390 e. The predicted octanol–water partition coefficient (Wildman–Crippen LogP) is 3.34. The highest BCUT2D eigenvalue weighted by molar-refractivity contribution is 7.21. The summed E-state index contributed by atoms with van der Waals surface area (Å²) in [5.41, 5.74) is 0.403. The van der Waals surface area contributed by atoms with E-state index in [9.17, 15) is 28.5 Å². The van der Waals surface area contributed by atoms with Gasteiger partial charge in [0.2, 0.25) is 5.95 Å². The first kappa shape index (κ1) is 31.9. The summed E-state index contributed by atoms with van der Waals surface area (Å²) in [4.78, 5) is 18.1. The first-order valence-corrected chi connectivity index (χ1v) is 14.6. The van der Waals surface area contributed by atoms with Crippen molar-refractivity contribution in [2.24, 2.45) is 5.92 Å².